The summed E-state index contributed by atoms with van der Waals surface area (Å²) >= 11 is 0. The number of nitrogens with two attached hydrogens (primary N) is 1. The van der Waals surface area contributed by atoms with E-state index in [1.54, 1.807) is 6.92 Å². The summed E-state index contributed by atoms with van der Waals surface area (Å²) in [5, 5.41) is 2.76. The highest BCUT2D eigenvalue weighted by Gasteiger charge is 1.97. The fourth-order valence-corrected chi connectivity index (χ4v) is 0.687. The fraction of sp³-hybridized carbons (Fsp3) is 0.750. The van der Waals surface area contributed by atoms with Gasteiger partial charge in [0.25, 0.3) is 0 Å². The number of nitrogens with zero attached hydrogens (tertiary/aromatic N) is 1. The van der Waals surface area contributed by atoms with Crippen LogP contribution in [0.2, 0.25) is 0 Å². The molecule has 0 aromatic carbocycles. The monoisotopic (exact) mass is 171 g/mol. The molecule has 4 heteroatoms. The van der Waals surface area contributed by atoms with E-state index in [2.05, 4.69) is 10.3 Å². The quantitative estimate of drug-likeness (QED) is 0.461. The molecule has 0 heterocycles. The Morgan fingerprint density at radius 2 is 2.25 bits per heavy atom. The minimum atomic E-state index is 0.0434. The maximum Gasteiger partial charge on any atom is 0.221 e. The number of carbonyl (C=O) groups excluding carboxylic acids is 1. The predicted octanol–water partition coefficient (Wildman–Crippen LogP) is 0.280. The zero-order chi connectivity index (χ0) is 9.40. The Hall–Kier alpha value is -1.06. The molecule has 0 fully saturated rings. The number of hydrogen-bond donors (Lipinski definition) is 2. The van der Waals surface area contributed by atoms with Crippen molar-refractivity contribution >= 4 is 11.7 Å². The molecule has 70 valence electrons. The lowest BCUT2D eigenvalue weighted by atomic mass is 10.4. The van der Waals surface area contributed by atoms with Gasteiger partial charge in [-0.3, -0.25) is 9.79 Å². The van der Waals surface area contributed by atoms with Crippen LogP contribution in [0.25, 0.3) is 0 Å². The average Bonchev–Trinajstić information content (AvgIpc) is 2.00. The summed E-state index contributed by atoms with van der Waals surface area (Å²) in [7, 11) is 0. The van der Waals surface area contributed by atoms with Crippen molar-refractivity contribution in [1.29, 1.82) is 0 Å². The Morgan fingerprint density at radius 3 is 2.75 bits per heavy atom. The second kappa shape index (κ2) is 6.64. The third-order valence-corrected chi connectivity index (χ3v) is 1.27. The largest absolute Gasteiger partial charge is 0.388 e. The Bertz CT molecular complexity index is 162. The van der Waals surface area contributed by atoms with Crippen LogP contribution in [0.1, 0.15) is 26.7 Å². The van der Waals surface area contributed by atoms with Crippen LogP contribution in [-0.2, 0) is 4.79 Å². The van der Waals surface area contributed by atoms with Crippen LogP contribution in [0.15, 0.2) is 4.99 Å². The van der Waals surface area contributed by atoms with E-state index in [9.17, 15) is 4.79 Å². The predicted molar refractivity (Wildman–Crippen MR) is 50.1 cm³/mol. The lowest BCUT2D eigenvalue weighted by Gasteiger charge is -2.00. The highest BCUT2D eigenvalue weighted by atomic mass is 16.1. The van der Waals surface area contributed by atoms with Crippen LogP contribution < -0.4 is 11.1 Å². The normalized spacial score (nSPS) is 11.3. The van der Waals surface area contributed by atoms with E-state index in [0.717, 1.165) is 13.0 Å². The summed E-state index contributed by atoms with van der Waals surface area (Å²) in [5.41, 5.74) is 5.30. The van der Waals surface area contributed by atoms with Gasteiger partial charge in [-0.1, -0.05) is 6.92 Å². The van der Waals surface area contributed by atoms with Crippen molar-refractivity contribution in [2.75, 3.05) is 13.1 Å². The van der Waals surface area contributed by atoms with Crippen LogP contribution in [0, 0.1) is 0 Å². The summed E-state index contributed by atoms with van der Waals surface area (Å²) in [6.45, 7) is 4.95. The van der Waals surface area contributed by atoms with Gasteiger partial charge < -0.3 is 11.1 Å². The topological polar surface area (TPSA) is 67.5 Å². The van der Waals surface area contributed by atoms with Crippen LogP contribution in [-0.4, -0.2) is 24.8 Å². The first-order chi connectivity index (χ1) is 5.66. The molecule has 0 aliphatic heterocycles. The summed E-state index contributed by atoms with van der Waals surface area (Å²) in [6.07, 6.45) is 1.39. The molecule has 0 bridgehead atoms. The molecular formula is C8H17N3O. The van der Waals surface area contributed by atoms with E-state index in [1.807, 2.05) is 6.92 Å². The van der Waals surface area contributed by atoms with Crippen molar-refractivity contribution in [2.45, 2.75) is 26.7 Å². The number of carbonyl (C=O) groups is 1. The van der Waals surface area contributed by atoms with E-state index in [4.69, 9.17) is 5.73 Å². The summed E-state index contributed by atoms with van der Waals surface area (Å²) < 4.78 is 0. The van der Waals surface area contributed by atoms with Crippen LogP contribution >= 0.6 is 0 Å². The molecule has 12 heavy (non-hydrogen) atoms. The van der Waals surface area contributed by atoms with E-state index in [-0.39, 0.29) is 5.91 Å². The van der Waals surface area contributed by atoms with Crippen molar-refractivity contribution in [1.82, 2.24) is 5.32 Å². The number of aliphatic imine (C=N–C) groups is 1. The van der Waals surface area contributed by atoms with E-state index < -0.39 is 0 Å². The molecule has 0 saturated carbocycles. The second-order valence-electron chi connectivity index (χ2n) is 2.62. The molecule has 0 unspecified atom stereocenters. The molecule has 0 rings (SSSR count). The molecular weight excluding hydrogens is 154 g/mol. The van der Waals surface area contributed by atoms with Gasteiger partial charge in [-0.2, -0.15) is 0 Å². The maximum atomic E-state index is 11.0. The highest BCUT2D eigenvalue weighted by molar-refractivity contribution is 5.79. The summed E-state index contributed by atoms with van der Waals surface area (Å²) in [6, 6.07) is 0. The molecule has 0 aliphatic rings. The van der Waals surface area contributed by atoms with Gasteiger partial charge in [0.1, 0.15) is 0 Å². The van der Waals surface area contributed by atoms with Gasteiger partial charge in [-0.25, -0.2) is 0 Å². The van der Waals surface area contributed by atoms with E-state index in [0.29, 0.717) is 18.8 Å². The smallest absolute Gasteiger partial charge is 0.221 e. The third-order valence-electron chi connectivity index (χ3n) is 1.27. The minimum Gasteiger partial charge on any atom is -0.388 e. The Morgan fingerprint density at radius 1 is 1.58 bits per heavy atom. The van der Waals surface area contributed by atoms with Crippen molar-refractivity contribution < 1.29 is 4.79 Å². The molecule has 0 aromatic rings. The standard InChI is InChI=1S/C8H17N3O/c1-3-5-11-8(12)4-6-10-7(2)9/h3-6H2,1-2H3,(H2,9,10)(H,11,12). The highest BCUT2D eigenvalue weighted by Crippen LogP contribution is 1.82. The summed E-state index contributed by atoms with van der Waals surface area (Å²) in [5.74, 6) is 0.570. The van der Waals surface area contributed by atoms with E-state index >= 15 is 0 Å². The third kappa shape index (κ3) is 7.05. The van der Waals surface area contributed by atoms with Crippen molar-refractivity contribution in [3.8, 4) is 0 Å². The zero-order valence-corrected chi connectivity index (χ0v) is 7.76. The minimum absolute atomic E-state index is 0.0434. The number of amidine groups is 1. The molecule has 4 nitrogen and oxygen atoms in total. The second-order valence-corrected chi connectivity index (χ2v) is 2.62. The molecule has 0 atom stereocenters. The molecule has 1 amide bonds. The van der Waals surface area contributed by atoms with Gasteiger partial charge in [-0.15, -0.1) is 0 Å². The first-order valence-electron chi connectivity index (χ1n) is 4.20. The summed E-state index contributed by atoms with van der Waals surface area (Å²) in [4.78, 5) is 14.9. The average molecular weight is 171 g/mol. The Kier molecular flexibility index (Phi) is 6.05. The first kappa shape index (κ1) is 10.9. The maximum absolute atomic E-state index is 11.0. The molecule has 3 N–H and O–H groups in total. The molecule has 0 saturated heterocycles. The van der Waals surface area contributed by atoms with Gasteiger partial charge >= 0.3 is 0 Å². The lowest BCUT2D eigenvalue weighted by Crippen LogP contribution is -2.24. The fourth-order valence-electron chi connectivity index (χ4n) is 0.687. The molecule has 0 aromatic heterocycles. The van der Waals surface area contributed by atoms with Gasteiger partial charge in [0, 0.05) is 19.5 Å². The number of nitrogens with one attached hydrogen (secondary N) is 1. The van der Waals surface area contributed by atoms with Crippen LogP contribution in [0.4, 0.5) is 0 Å². The van der Waals surface area contributed by atoms with Crippen LogP contribution in [0.5, 0.6) is 0 Å². The lowest BCUT2D eigenvalue weighted by molar-refractivity contribution is -0.120. The number of hydrogen-bond acceptors (Lipinski definition) is 2. The first-order valence-corrected chi connectivity index (χ1v) is 4.20. The van der Waals surface area contributed by atoms with Gasteiger partial charge in [-0.05, 0) is 13.3 Å². The van der Waals surface area contributed by atoms with Crippen molar-refractivity contribution in [3.05, 3.63) is 0 Å². The molecule has 0 aliphatic carbocycles. The Balaban J connectivity index is 3.38. The zero-order valence-electron chi connectivity index (χ0n) is 7.76. The molecule has 0 radical (unpaired) electrons. The van der Waals surface area contributed by atoms with Gasteiger partial charge in [0.05, 0.1) is 5.84 Å². The van der Waals surface area contributed by atoms with E-state index in [1.165, 1.54) is 0 Å². The Labute approximate surface area is 73.2 Å². The van der Waals surface area contributed by atoms with Crippen molar-refractivity contribution in [2.24, 2.45) is 10.7 Å². The van der Waals surface area contributed by atoms with Gasteiger partial charge in [0.15, 0.2) is 0 Å². The SMILES string of the molecule is CCCNC(=O)CCN=C(C)N. The van der Waals surface area contributed by atoms with Gasteiger partial charge in [0.2, 0.25) is 5.91 Å². The van der Waals surface area contributed by atoms with Crippen LogP contribution in [0.3, 0.4) is 0 Å². The molecule has 0 spiro atoms. The number of rotatable bonds is 5. The van der Waals surface area contributed by atoms with Crippen molar-refractivity contribution in [3.63, 3.8) is 0 Å². The number of amides is 1.